The third-order valence-corrected chi connectivity index (χ3v) is 3.92. The average Bonchev–Trinajstić information content (AvgIpc) is 3.26. The van der Waals surface area contributed by atoms with Crippen LogP contribution in [0, 0.1) is 0 Å². The summed E-state index contributed by atoms with van der Waals surface area (Å²) in [5.74, 6) is 0.682. The van der Waals surface area contributed by atoms with Crippen molar-refractivity contribution in [1.82, 2.24) is 15.3 Å². The molecule has 4 nitrogen and oxygen atoms in total. The van der Waals surface area contributed by atoms with Gasteiger partial charge in [-0.3, -0.25) is 4.98 Å². The Morgan fingerprint density at radius 3 is 2.42 bits per heavy atom. The number of nitrogens with zero attached hydrogens (tertiary/aromatic N) is 2. The van der Waals surface area contributed by atoms with E-state index in [1.807, 2.05) is 6.20 Å². The van der Waals surface area contributed by atoms with Crippen LogP contribution >= 0.6 is 0 Å². The first kappa shape index (κ1) is 12.9. The summed E-state index contributed by atoms with van der Waals surface area (Å²) in [7, 11) is 0. The van der Waals surface area contributed by atoms with Crippen molar-refractivity contribution in [3.63, 3.8) is 0 Å². The molecule has 0 radical (unpaired) electrons. The van der Waals surface area contributed by atoms with E-state index in [0.29, 0.717) is 18.0 Å². The van der Waals surface area contributed by atoms with E-state index < -0.39 is 0 Å². The van der Waals surface area contributed by atoms with Crippen LogP contribution in [0.5, 0.6) is 5.88 Å². The lowest BCUT2D eigenvalue weighted by atomic mass is 10.1. The molecular formula is C15H23N3O. The standard InChI is InChI=1S/C15H23N3O/c1-2-4-6-14(5-3-1)19-15-11-17-13(10-18-15)9-16-12-7-8-12/h10-12,14,16H,1-9H2. The van der Waals surface area contributed by atoms with E-state index in [2.05, 4.69) is 15.3 Å². The van der Waals surface area contributed by atoms with Crippen LogP contribution in [0.2, 0.25) is 0 Å². The van der Waals surface area contributed by atoms with Crippen LogP contribution in [-0.2, 0) is 6.54 Å². The second kappa shape index (κ2) is 6.33. The van der Waals surface area contributed by atoms with Crippen molar-refractivity contribution in [2.45, 2.75) is 70.1 Å². The van der Waals surface area contributed by atoms with Gasteiger partial charge in [-0.15, -0.1) is 0 Å². The molecule has 2 aliphatic carbocycles. The topological polar surface area (TPSA) is 47.0 Å². The van der Waals surface area contributed by atoms with Crippen LogP contribution < -0.4 is 10.1 Å². The van der Waals surface area contributed by atoms with E-state index in [9.17, 15) is 0 Å². The van der Waals surface area contributed by atoms with Crippen molar-refractivity contribution in [3.8, 4) is 5.88 Å². The molecule has 0 amide bonds. The molecular weight excluding hydrogens is 238 g/mol. The van der Waals surface area contributed by atoms with Crippen molar-refractivity contribution in [1.29, 1.82) is 0 Å². The van der Waals surface area contributed by atoms with E-state index in [1.54, 1.807) is 6.20 Å². The quantitative estimate of drug-likeness (QED) is 0.828. The van der Waals surface area contributed by atoms with Gasteiger partial charge in [-0.1, -0.05) is 12.8 Å². The molecule has 2 saturated carbocycles. The lowest BCUT2D eigenvalue weighted by Crippen LogP contribution is -2.18. The van der Waals surface area contributed by atoms with E-state index in [0.717, 1.165) is 25.1 Å². The highest BCUT2D eigenvalue weighted by molar-refractivity contribution is 5.08. The molecule has 0 atom stereocenters. The number of ether oxygens (including phenoxy) is 1. The van der Waals surface area contributed by atoms with E-state index in [-0.39, 0.29) is 0 Å². The number of nitrogens with one attached hydrogen (secondary N) is 1. The Morgan fingerprint density at radius 1 is 1.00 bits per heavy atom. The summed E-state index contributed by atoms with van der Waals surface area (Å²) in [5.41, 5.74) is 1.00. The lowest BCUT2D eigenvalue weighted by molar-refractivity contribution is 0.175. The van der Waals surface area contributed by atoms with Crippen LogP contribution in [-0.4, -0.2) is 22.1 Å². The molecule has 1 N–H and O–H groups in total. The van der Waals surface area contributed by atoms with Gasteiger partial charge in [-0.25, -0.2) is 4.98 Å². The molecule has 0 saturated heterocycles. The molecule has 0 unspecified atom stereocenters. The number of hydrogen-bond donors (Lipinski definition) is 1. The van der Waals surface area contributed by atoms with Gasteiger partial charge in [0.25, 0.3) is 0 Å². The molecule has 1 aromatic heterocycles. The first-order chi connectivity index (χ1) is 9.40. The van der Waals surface area contributed by atoms with Crippen LogP contribution in [0.15, 0.2) is 12.4 Å². The molecule has 104 valence electrons. The Labute approximate surface area is 115 Å². The van der Waals surface area contributed by atoms with Gasteiger partial charge in [-0.2, -0.15) is 0 Å². The monoisotopic (exact) mass is 261 g/mol. The minimum atomic E-state index is 0.340. The van der Waals surface area contributed by atoms with Crippen LogP contribution in [0.3, 0.4) is 0 Å². The molecule has 2 fully saturated rings. The van der Waals surface area contributed by atoms with Gasteiger partial charge in [0, 0.05) is 12.6 Å². The van der Waals surface area contributed by atoms with Gasteiger partial charge < -0.3 is 10.1 Å². The van der Waals surface area contributed by atoms with E-state index in [4.69, 9.17) is 4.74 Å². The second-order valence-electron chi connectivity index (χ2n) is 5.73. The first-order valence-corrected chi connectivity index (χ1v) is 7.61. The maximum atomic E-state index is 5.93. The normalized spacial score (nSPS) is 21.1. The largest absolute Gasteiger partial charge is 0.473 e. The SMILES string of the molecule is c1nc(OC2CCCCCC2)cnc1CNC1CC1. The number of hydrogen-bond acceptors (Lipinski definition) is 4. The predicted molar refractivity (Wildman–Crippen MR) is 74.0 cm³/mol. The van der Waals surface area contributed by atoms with Crippen molar-refractivity contribution in [3.05, 3.63) is 18.1 Å². The maximum absolute atomic E-state index is 5.93. The fourth-order valence-corrected chi connectivity index (χ4v) is 2.56. The zero-order valence-electron chi connectivity index (χ0n) is 11.5. The molecule has 0 aromatic carbocycles. The Bertz CT molecular complexity index is 381. The molecule has 3 rings (SSSR count). The summed E-state index contributed by atoms with van der Waals surface area (Å²) in [6, 6.07) is 0.712. The fraction of sp³-hybridized carbons (Fsp3) is 0.733. The minimum absolute atomic E-state index is 0.340. The highest BCUT2D eigenvalue weighted by Gasteiger charge is 2.20. The fourth-order valence-electron chi connectivity index (χ4n) is 2.56. The average molecular weight is 261 g/mol. The van der Waals surface area contributed by atoms with Gasteiger partial charge in [0.15, 0.2) is 0 Å². The molecule has 1 aromatic rings. The summed E-state index contributed by atoms with van der Waals surface area (Å²) >= 11 is 0. The highest BCUT2D eigenvalue weighted by Crippen LogP contribution is 2.21. The molecule has 0 spiro atoms. The summed E-state index contributed by atoms with van der Waals surface area (Å²) < 4.78 is 5.93. The zero-order valence-corrected chi connectivity index (χ0v) is 11.5. The maximum Gasteiger partial charge on any atom is 0.232 e. The van der Waals surface area contributed by atoms with Gasteiger partial charge in [0.05, 0.1) is 18.1 Å². The third kappa shape index (κ3) is 4.16. The Balaban J connectivity index is 1.49. The van der Waals surface area contributed by atoms with Gasteiger partial charge in [0.1, 0.15) is 6.10 Å². The van der Waals surface area contributed by atoms with Crippen molar-refractivity contribution >= 4 is 0 Å². The van der Waals surface area contributed by atoms with Gasteiger partial charge in [0.2, 0.25) is 5.88 Å². The molecule has 4 heteroatoms. The lowest BCUT2D eigenvalue weighted by Gasteiger charge is -2.15. The zero-order chi connectivity index (χ0) is 12.9. The Morgan fingerprint density at radius 2 is 1.79 bits per heavy atom. The molecule has 19 heavy (non-hydrogen) atoms. The Kier molecular flexibility index (Phi) is 4.28. The van der Waals surface area contributed by atoms with E-state index in [1.165, 1.54) is 38.5 Å². The predicted octanol–water partition coefficient (Wildman–Crippen LogP) is 2.83. The number of rotatable bonds is 5. The van der Waals surface area contributed by atoms with Crippen LogP contribution in [0.25, 0.3) is 0 Å². The summed E-state index contributed by atoms with van der Waals surface area (Å²) in [6.07, 6.45) is 14.1. The Hall–Kier alpha value is -1.16. The second-order valence-corrected chi connectivity index (χ2v) is 5.73. The van der Waals surface area contributed by atoms with Gasteiger partial charge in [-0.05, 0) is 38.5 Å². The van der Waals surface area contributed by atoms with Crippen LogP contribution in [0.1, 0.15) is 57.1 Å². The van der Waals surface area contributed by atoms with Crippen molar-refractivity contribution in [2.24, 2.45) is 0 Å². The minimum Gasteiger partial charge on any atom is -0.473 e. The molecule has 0 bridgehead atoms. The smallest absolute Gasteiger partial charge is 0.232 e. The van der Waals surface area contributed by atoms with Gasteiger partial charge >= 0.3 is 0 Å². The van der Waals surface area contributed by atoms with Crippen molar-refractivity contribution < 1.29 is 4.74 Å². The van der Waals surface area contributed by atoms with Crippen LogP contribution in [0.4, 0.5) is 0 Å². The van der Waals surface area contributed by atoms with Crippen molar-refractivity contribution in [2.75, 3.05) is 0 Å². The summed E-state index contributed by atoms with van der Waals surface area (Å²) in [5, 5.41) is 3.44. The molecule has 1 heterocycles. The number of aromatic nitrogens is 2. The third-order valence-electron chi connectivity index (χ3n) is 3.92. The van der Waals surface area contributed by atoms with E-state index >= 15 is 0 Å². The summed E-state index contributed by atoms with van der Waals surface area (Å²) in [6.45, 7) is 0.821. The molecule has 2 aliphatic rings. The summed E-state index contributed by atoms with van der Waals surface area (Å²) in [4.78, 5) is 8.79. The first-order valence-electron chi connectivity index (χ1n) is 7.61. The highest BCUT2D eigenvalue weighted by atomic mass is 16.5. The molecule has 0 aliphatic heterocycles.